The second kappa shape index (κ2) is 5.27. The maximum absolute atomic E-state index is 13.2. The van der Waals surface area contributed by atoms with Crippen LogP contribution in [0.4, 0.5) is 4.39 Å². The summed E-state index contributed by atoms with van der Waals surface area (Å²) in [5.74, 6) is 0.496. The first-order chi connectivity index (χ1) is 9.94. The van der Waals surface area contributed by atoms with Gasteiger partial charge in [-0.1, -0.05) is 12.1 Å². The number of rotatable bonds is 4. The fraction of sp³-hybridized carbons (Fsp3) is 0.333. The molecule has 1 aromatic carbocycles. The van der Waals surface area contributed by atoms with E-state index in [0.29, 0.717) is 18.6 Å². The van der Waals surface area contributed by atoms with Crippen LogP contribution < -0.4 is 4.72 Å². The first-order valence-electron chi connectivity index (χ1n) is 6.78. The van der Waals surface area contributed by atoms with Crippen LogP contribution in [0.2, 0.25) is 0 Å². The van der Waals surface area contributed by atoms with E-state index in [9.17, 15) is 12.8 Å². The van der Waals surface area contributed by atoms with Crippen molar-refractivity contribution in [3.05, 3.63) is 53.5 Å². The monoisotopic (exact) mass is 309 g/mol. The van der Waals surface area contributed by atoms with Gasteiger partial charge in [-0.25, -0.2) is 17.5 Å². The van der Waals surface area contributed by atoms with Crippen LogP contribution in [0.1, 0.15) is 30.1 Å². The fourth-order valence-electron chi connectivity index (χ4n) is 2.58. The highest BCUT2D eigenvalue weighted by atomic mass is 32.2. The second-order valence-corrected chi connectivity index (χ2v) is 7.05. The molecule has 6 heteroatoms. The molecule has 1 saturated carbocycles. The molecule has 0 radical (unpaired) electrons. The minimum atomic E-state index is -3.60. The van der Waals surface area contributed by atoms with Gasteiger partial charge >= 0.3 is 0 Å². The standard InChI is InChI=1S/C15H16FNO3S/c1-10-5-6-15(20-10)21(18,19)17-14-8-12(9-14)11-3-2-4-13(16)7-11/h2-7,12,14,17H,8-9H2,1H3. The van der Waals surface area contributed by atoms with Crippen molar-refractivity contribution in [2.45, 2.75) is 36.8 Å². The highest BCUT2D eigenvalue weighted by Crippen LogP contribution is 2.37. The molecule has 0 unspecified atom stereocenters. The molecule has 0 spiro atoms. The zero-order chi connectivity index (χ0) is 15.0. The van der Waals surface area contributed by atoms with Crippen LogP contribution in [0.25, 0.3) is 0 Å². The Morgan fingerprint density at radius 1 is 1.24 bits per heavy atom. The molecule has 1 heterocycles. The van der Waals surface area contributed by atoms with Crippen LogP contribution in [-0.4, -0.2) is 14.5 Å². The van der Waals surface area contributed by atoms with Gasteiger partial charge in [0.05, 0.1) is 0 Å². The SMILES string of the molecule is Cc1ccc(S(=O)(=O)NC2CC(c3cccc(F)c3)C2)o1. The fourth-order valence-corrected chi connectivity index (χ4v) is 3.82. The number of sulfonamides is 1. The quantitative estimate of drug-likeness (QED) is 0.944. The molecule has 3 rings (SSSR count). The molecule has 0 amide bonds. The van der Waals surface area contributed by atoms with Crippen molar-refractivity contribution in [2.24, 2.45) is 0 Å². The second-order valence-electron chi connectivity index (χ2n) is 5.41. The summed E-state index contributed by atoms with van der Waals surface area (Å²) in [6.45, 7) is 1.70. The Labute approximate surface area is 123 Å². The summed E-state index contributed by atoms with van der Waals surface area (Å²) < 4.78 is 45.1. The van der Waals surface area contributed by atoms with Crippen molar-refractivity contribution in [2.75, 3.05) is 0 Å². The molecule has 1 aliphatic carbocycles. The van der Waals surface area contributed by atoms with Gasteiger partial charge in [-0.3, -0.25) is 0 Å². The smallest absolute Gasteiger partial charge is 0.274 e. The lowest BCUT2D eigenvalue weighted by Gasteiger charge is -2.35. The number of hydrogen-bond acceptors (Lipinski definition) is 3. The van der Waals surface area contributed by atoms with E-state index in [1.807, 2.05) is 6.07 Å². The Kier molecular flexibility index (Phi) is 3.59. The molecule has 2 aromatic rings. The maximum Gasteiger partial charge on any atom is 0.274 e. The van der Waals surface area contributed by atoms with Gasteiger partial charge in [-0.15, -0.1) is 0 Å². The molecule has 21 heavy (non-hydrogen) atoms. The van der Waals surface area contributed by atoms with Gasteiger partial charge in [-0.05, 0) is 55.5 Å². The zero-order valence-electron chi connectivity index (χ0n) is 11.5. The predicted octanol–water partition coefficient (Wildman–Crippen LogP) is 2.95. The Bertz CT molecular complexity index is 748. The lowest BCUT2D eigenvalue weighted by Crippen LogP contribution is -2.43. The van der Waals surface area contributed by atoms with Crippen LogP contribution in [0, 0.1) is 12.7 Å². The van der Waals surface area contributed by atoms with Gasteiger partial charge in [0.15, 0.2) is 0 Å². The Hall–Kier alpha value is -1.66. The molecule has 1 N–H and O–H groups in total. The molecular weight excluding hydrogens is 293 g/mol. The van der Waals surface area contributed by atoms with Gasteiger partial charge in [0.25, 0.3) is 10.0 Å². The van der Waals surface area contributed by atoms with Crippen molar-refractivity contribution in [1.29, 1.82) is 0 Å². The van der Waals surface area contributed by atoms with E-state index in [1.54, 1.807) is 19.1 Å². The zero-order valence-corrected chi connectivity index (χ0v) is 12.4. The highest BCUT2D eigenvalue weighted by molar-refractivity contribution is 7.89. The average Bonchev–Trinajstić information content (AvgIpc) is 2.81. The number of hydrogen-bond donors (Lipinski definition) is 1. The molecule has 1 aliphatic rings. The number of benzene rings is 1. The van der Waals surface area contributed by atoms with Crippen LogP contribution in [-0.2, 0) is 10.0 Å². The minimum Gasteiger partial charge on any atom is -0.449 e. The summed E-state index contributed by atoms with van der Waals surface area (Å²) in [4.78, 5) is 0. The van der Waals surface area contributed by atoms with Crippen molar-refractivity contribution in [3.8, 4) is 0 Å². The van der Waals surface area contributed by atoms with Crippen LogP contribution in [0.3, 0.4) is 0 Å². The Morgan fingerprint density at radius 3 is 2.62 bits per heavy atom. The molecule has 0 atom stereocenters. The van der Waals surface area contributed by atoms with Crippen molar-refractivity contribution >= 4 is 10.0 Å². The third-order valence-electron chi connectivity index (χ3n) is 3.76. The van der Waals surface area contributed by atoms with E-state index in [0.717, 1.165) is 5.56 Å². The van der Waals surface area contributed by atoms with Crippen molar-refractivity contribution < 1.29 is 17.2 Å². The molecule has 4 nitrogen and oxygen atoms in total. The molecular formula is C15H16FNO3S. The summed E-state index contributed by atoms with van der Waals surface area (Å²) in [6.07, 6.45) is 1.34. The van der Waals surface area contributed by atoms with Gasteiger partial charge in [0.1, 0.15) is 11.6 Å². The Morgan fingerprint density at radius 2 is 2.00 bits per heavy atom. The Balaban J connectivity index is 1.62. The molecule has 0 bridgehead atoms. The summed E-state index contributed by atoms with van der Waals surface area (Å²) in [7, 11) is -3.60. The molecule has 0 aliphatic heterocycles. The van der Waals surface area contributed by atoms with Crippen molar-refractivity contribution in [3.63, 3.8) is 0 Å². The largest absolute Gasteiger partial charge is 0.449 e. The van der Waals surface area contributed by atoms with E-state index in [-0.39, 0.29) is 22.9 Å². The van der Waals surface area contributed by atoms with Crippen LogP contribution in [0.5, 0.6) is 0 Å². The van der Waals surface area contributed by atoms with Crippen LogP contribution >= 0.6 is 0 Å². The molecule has 112 valence electrons. The summed E-state index contributed by atoms with van der Waals surface area (Å²) in [5.41, 5.74) is 0.916. The van der Waals surface area contributed by atoms with E-state index in [2.05, 4.69) is 4.72 Å². The third-order valence-corrected chi connectivity index (χ3v) is 5.15. The predicted molar refractivity (Wildman–Crippen MR) is 75.9 cm³/mol. The maximum atomic E-state index is 13.2. The average molecular weight is 309 g/mol. The molecule has 1 aromatic heterocycles. The summed E-state index contributed by atoms with van der Waals surface area (Å²) >= 11 is 0. The molecule has 1 fully saturated rings. The molecule has 0 saturated heterocycles. The minimum absolute atomic E-state index is 0.0609. The topological polar surface area (TPSA) is 59.3 Å². The van der Waals surface area contributed by atoms with Gasteiger partial charge in [-0.2, -0.15) is 0 Å². The highest BCUT2D eigenvalue weighted by Gasteiger charge is 2.34. The van der Waals surface area contributed by atoms with Gasteiger partial charge in [0.2, 0.25) is 5.09 Å². The lowest BCUT2D eigenvalue weighted by molar-refractivity contribution is 0.321. The number of nitrogens with one attached hydrogen (secondary N) is 1. The lowest BCUT2D eigenvalue weighted by atomic mass is 9.76. The summed E-state index contributed by atoms with van der Waals surface area (Å²) in [5, 5.41) is -0.0609. The first-order valence-corrected chi connectivity index (χ1v) is 8.26. The van der Waals surface area contributed by atoms with E-state index in [1.165, 1.54) is 18.2 Å². The van der Waals surface area contributed by atoms with Crippen molar-refractivity contribution in [1.82, 2.24) is 4.72 Å². The van der Waals surface area contributed by atoms with Gasteiger partial charge < -0.3 is 4.42 Å². The van der Waals surface area contributed by atoms with E-state index in [4.69, 9.17) is 4.42 Å². The third kappa shape index (κ3) is 3.01. The normalized spacial score (nSPS) is 22.0. The number of aryl methyl sites for hydroxylation is 1. The summed E-state index contributed by atoms with van der Waals surface area (Å²) in [6, 6.07) is 9.38. The number of halogens is 1. The van der Waals surface area contributed by atoms with E-state index < -0.39 is 10.0 Å². The first kappa shape index (κ1) is 14.3. The van der Waals surface area contributed by atoms with Gasteiger partial charge in [0, 0.05) is 6.04 Å². The number of furan rings is 1. The van der Waals surface area contributed by atoms with Crippen LogP contribution in [0.15, 0.2) is 45.9 Å². The van der Waals surface area contributed by atoms with E-state index >= 15 is 0 Å².